The maximum atomic E-state index is 13.8. The Kier molecular flexibility index (Phi) is 8.46. The molecule has 1 unspecified atom stereocenters. The SMILES string of the molecule is COc1cc(CN2CCOC(C(=O)N(Cc3ccc4c(c3)OCCCO4)CC(C)C)C2)ccc1F. The van der Waals surface area contributed by atoms with Gasteiger partial charge >= 0.3 is 0 Å². The first-order chi connectivity index (χ1) is 16.9. The Hall–Kier alpha value is -2.84. The molecule has 35 heavy (non-hydrogen) atoms. The fourth-order valence-corrected chi connectivity index (χ4v) is 4.46. The van der Waals surface area contributed by atoms with Gasteiger partial charge in [-0.1, -0.05) is 26.0 Å². The van der Waals surface area contributed by atoms with Gasteiger partial charge in [0, 0.05) is 39.1 Å². The highest BCUT2D eigenvalue weighted by molar-refractivity contribution is 5.81. The highest BCUT2D eigenvalue weighted by Gasteiger charge is 2.31. The van der Waals surface area contributed by atoms with Crippen LogP contribution in [0.3, 0.4) is 0 Å². The van der Waals surface area contributed by atoms with Gasteiger partial charge in [-0.2, -0.15) is 0 Å². The lowest BCUT2D eigenvalue weighted by Crippen LogP contribution is -2.51. The monoisotopic (exact) mass is 486 g/mol. The van der Waals surface area contributed by atoms with Crippen molar-refractivity contribution in [2.45, 2.75) is 39.5 Å². The Morgan fingerprint density at radius 2 is 1.89 bits per heavy atom. The minimum atomic E-state index is -0.551. The van der Waals surface area contributed by atoms with E-state index in [-0.39, 0.29) is 17.5 Å². The van der Waals surface area contributed by atoms with E-state index in [4.69, 9.17) is 18.9 Å². The average Bonchev–Trinajstić information content (AvgIpc) is 3.09. The van der Waals surface area contributed by atoms with Crippen LogP contribution in [-0.2, 0) is 22.6 Å². The molecule has 2 aliphatic rings. The van der Waals surface area contributed by atoms with E-state index in [1.165, 1.54) is 13.2 Å². The van der Waals surface area contributed by atoms with Gasteiger partial charge in [-0.15, -0.1) is 0 Å². The van der Waals surface area contributed by atoms with Crippen molar-refractivity contribution in [2.75, 3.05) is 46.6 Å². The second kappa shape index (κ2) is 11.7. The molecule has 2 aromatic carbocycles. The number of methoxy groups -OCH3 is 1. The van der Waals surface area contributed by atoms with Crippen molar-refractivity contribution in [2.24, 2.45) is 5.92 Å². The molecule has 2 aromatic rings. The Balaban J connectivity index is 1.44. The van der Waals surface area contributed by atoms with Crippen LogP contribution in [0.5, 0.6) is 17.2 Å². The third-order valence-electron chi connectivity index (χ3n) is 6.13. The summed E-state index contributed by atoms with van der Waals surface area (Å²) in [5.41, 5.74) is 1.93. The lowest BCUT2D eigenvalue weighted by atomic mass is 10.1. The minimum Gasteiger partial charge on any atom is -0.494 e. The van der Waals surface area contributed by atoms with Gasteiger partial charge in [0.15, 0.2) is 23.1 Å². The molecule has 0 aliphatic carbocycles. The molecule has 1 amide bonds. The summed E-state index contributed by atoms with van der Waals surface area (Å²) in [6, 6.07) is 10.7. The number of carbonyl (C=O) groups is 1. The van der Waals surface area contributed by atoms with Crippen LogP contribution in [-0.4, -0.2) is 68.4 Å². The Morgan fingerprint density at radius 1 is 1.11 bits per heavy atom. The number of nitrogens with zero attached hydrogens (tertiary/aromatic N) is 2. The molecule has 4 rings (SSSR count). The van der Waals surface area contributed by atoms with Crippen LogP contribution in [0.25, 0.3) is 0 Å². The van der Waals surface area contributed by atoms with Crippen molar-refractivity contribution in [3.8, 4) is 17.2 Å². The summed E-state index contributed by atoms with van der Waals surface area (Å²) in [7, 11) is 1.46. The number of fused-ring (bicyclic) bond motifs is 1. The normalized spacial score (nSPS) is 18.3. The molecule has 2 heterocycles. The van der Waals surface area contributed by atoms with Crippen LogP contribution < -0.4 is 14.2 Å². The van der Waals surface area contributed by atoms with Crippen LogP contribution in [0.15, 0.2) is 36.4 Å². The summed E-state index contributed by atoms with van der Waals surface area (Å²) in [6.07, 6.45) is 0.299. The predicted octanol–water partition coefficient (Wildman–Crippen LogP) is 3.88. The topological polar surface area (TPSA) is 60.5 Å². The lowest BCUT2D eigenvalue weighted by molar-refractivity contribution is -0.151. The fraction of sp³-hybridized carbons (Fsp3) is 0.519. The van der Waals surface area contributed by atoms with Crippen molar-refractivity contribution >= 4 is 5.91 Å². The number of hydrogen-bond donors (Lipinski definition) is 0. The first kappa shape index (κ1) is 25.3. The van der Waals surface area contributed by atoms with Crippen molar-refractivity contribution in [1.82, 2.24) is 9.80 Å². The summed E-state index contributed by atoms with van der Waals surface area (Å²) >= 11 is 0. The Morgan fingerprint density at radius 3 is 2.66 bits per heavy atom. The Labute approximate surface area is 206 Å². The Bertz CT molecular complexity index is 1020. The second-order valence-corrected chi connectivity index (χ2v) is 9.51. The zero-order chi connectivity index (χ0) is 24.8. The maximum Gasteiger partial charge on any atom is 0.253 e. The molecule has 1 saturated heterocycles. The van der Waals surface area contributed by atoms with Crippen molar-refractivity contribution < 1.29 is 28.1 Å². The maximum absolute atomic E-state index is 13.8. The molecule has 7 nitrogen and oxygen atoms in total. The van der Waals surface area contributed by atoms with Gasteiger partial charge in [-0.05, 0) is 41.3 Å². The van der Waals surface area contributed by atoms with E-state index >= 15 is 0 Å². The number of morpholine rings is 1. The second-order valence-electron chi connectivity index (χ2n) is 9.51. The van der Waals surface area contributed by atoms with Gasteiger partial charge in [0.25, 0.3) is 5.91 Å². The van der Waals surface area contributed by atoms with Crippen LogP contribution in [0.2, 0.25) is 0 Å². The van der Waals surface area contributed by atoms with Gasteiger partial charge < -0.3 is 23.8 Å². The number of amides is 1. The number of ether oxygens (including phenoxy) is 4. The van der Waals surface area contributed by atoms with Crippen LogP contribution in [0, 0.1) is 11.7 Å². The van der Waals surface area contributed by atoms with E-state index in [0.29, 0.717) is 58.5 Å². The van der Waals surface area contributed by atoms with Crippen LogP contribution >= 0.6 is 0 Å². The van der Waals surface area contributed by atoms with Gasteiger partial charge in [0.05, 0.1) is 26.9 Å². The summed E-state index contributed by atoms with van der Waals surface area (Å²) in [4.78, 5) is 17.6. The molecule has 2 aliphatic heterocycles. The first-order valence-corrected chi connectivity index (χ1v) is 12.3. The van der Waals surface area contributed by atoms with Crippen LogP contribution in [0.1, 0.15) is 31.4 Å². The van der Waals surface area contributed by atoms with Gasteiger partial charge in [0.2, 0.25) is 0 Å². The van der Waals surface area contributed by atoms with E-state index < -0.39 is 6.10 Å². The van der Waals surface area contributed by atoms with E-state index in [1.807, 2.05) is 23.1 Å². The molecular weight excluding hydrogens is 451 g/mol. The lowest BCUT2D eigenvalue weighted by Gasteiger charge is -2.35. The van der Waals surface area contributed by atoms with Crippen molar-refractivity contribution in [3.63, 3.8) is 0 Å². The fourth-order valence-electron chi connectivity index (χ4n) is 4.46. The van der Waals surface area contributed by atoms with Gasteiger partial charge in [-0.3, -0.25) is 9.69 Å². The summed E-state index contributed by atoms with van der Waals surface area (Å²) < 4.78 is 36.4. The van der Waals surface area contributed by atoms with Gasteiger partial charge in [0.1, 0.15) is 6.10 Å². The number of halogens is 1. The summed E-state index contributed by atoms with van der Waals surface area (Å²) in [5.74, 6) is 1.60. The van der Waals surface area contributed by atoms with Crippen molar-refractivity contribution in [1.29, 1.82) is 0 Å². The molecule has 0 bridgehead atoms. The molecule has 0 aromatic heterocycles. The molecule has 1 fully saturated rings. The summed E-state index contributed by atoms with van der Waals surface area (Å²) in [5, 5.41) is 0. The highest BCUT2D eigenvalue weighted by Crippen LogP contribution is 2.31. The van der Waals surface area contributed by atoms with E-state index in [0.717, 1.165) is 29.0 Å². The number of benzene rings is 2. The molecule has 8 heteroatoms. The van der Waals surface area contributed by atoms with E-state index in [1.54, 1.807) is 12.1 Å². The largest absolute Gasteiger partial charge is 0.494 e. The number of rotatable bonds is 8. The zero-order valence-electron chi connectivity index (χ0n) is 20.8. The van der Waals surface area contributed by atoms with Crippen LogP contribution in [0.4, 0.5) is 4.39 Å². The molecule has 0 spiro atoms. The number of carbonyl (C=O) groups excluding carboxylic acids is 1. The molecule has 0 radical (unpaired) electrons. The summed E-state index contributed by atoms with van der Waals surface area (Å²) in [6.45, 7) is 8.81. The quantitative estimate of drug-likeness (QED) is 0.565. The van der Waals surface area contributed by atoms with E-state index in [9.17, 15) is 9.18 Å². The highest BCUT2D eigenvalue weighted by atomic mass is 19.1. The first-order valence-electron chi connectivity index (χ1n) is 12.3. The molecule has 1 atom stereocenters. The molecule has 0 N–H and O–H groups in total. The zero-order valence-corrected chi connectivity index (χ0v) is 20.8. The third-order valence-corrected chi connectivity index (χ3v) is 6.13. The van der Waals surface area contributed by atoms with E-state index in [2.05, 4.69) is 18.7 Å². The third kappa shape index (κ3) is 6.64. The average molecular weight is 487 g/mol. The molecule has 0 saturated carbocycles. The molecular formula is C27H35FN2O5. The predicted molar refractivity (Wildman–Crippen MR) is 130 cm³/mol. The van der Waals surface area contributed by atoms with Gasteiger partial charge in [-0.25, -0.2) is 4.39 Å². The minimum absolute atomic E-state index is 0.0211. The standard InChI is InChI=1S/C27H35FN2O5/c1-19(2)15-30(17-21-6-8-23-25(14-21)34-11-4-10-33-23)27(31)26-18-29(9-12-35-26)16-20-5-7-22(28)24(13-20)32-3/h5-8,13-14,19,26H,4,9-12,15-18H2,1-3H3. The molecule has 190 valence electrons. The number of hydrogen-bond acceptors (Lipinski definition) is 6. The van der Waals surface area contributed by atoms with Crippen molar-refractivity contribution in [3.05, 3.63) is 53.3 Å². The smallest absolute Gasteiger partial charge is 0.253 e.